The van der Waals surface area contributed by atoms with Crippen molar-refractivity contribution in [3.63, 3.8) is 0 Å². The molecule has 0 spiro atoms. The second-order valence-corrected chi connectivity index (χ2v) is 10.2. The van der Waals surface area contributed by atoms with E-state index in [0.717, 1.165) is 16.7 Å². The molecule has 1 aliphatic rings. The fourth-order valence-electron chi connectivity index (χ4n) is 4.27. The number of halogens is 3. The molecule has 222 valence electrons. The molecule has 3 aromatic carbocycles. The SMILES string of the molecule is COc1ccc(N2C(=O)CS/C2=N\C(=O)NCCc2ccc(-c3ncn(-c4ccc(OC(F)(F)F)cc4)n3)cc2)c(C)c1. The average molecular weight is 611 g/mol. The molecule has 0 atom stereocenters. The zero-order valence-corrected chi connectivity index (χ0v) is 23.8. The second-order valence-electron chi connectivity index (χ2n) is 9.30. The summed E-state index contributed by atoms with van der Waals surface area (Å²) in [5.74, 6) is 0.821. The first kappa shape index (κ1) is 29.6. The molecular weight excluding hydrogens is 585 g/mol. The topological polar surface area (TPSA) is 111 Å². The van der Waals surface area contributed by atoms with Crippen molar-refractivity contribution < 1.29 is 32.2 Å². The van der Waals surface area contributed by atoms with Crippen molar-refractivity contribution >= 4 is 34.6 Å². The lowest BCUT2D eigenvalue weighted by Crippen LogP contribution is -2.32. The van der Waals surface area contributed by atoms with E-state index in [4.69, 9.17) is 4.74 Å². The van der Waals surface area contributed by atoms with Crippen LogP contribution in [0.4, 0.5) is 23.7 Å². The number of urea groups is 1. The molecule has 0 aliphatic carbocycles. The minimum absolute atomic E-state index is 0.155. The molecule has 1 aliphatic heterocycles. The summed E-state index contributed by atoms with van der Waals surface area (Å²) in [7, 11) is 1.57. The number of alkyl halides is 3. The van der Waals surface area contributed by atoms with Gasteiger partial charge in [-0.1, -0.05) is 36.0 Å². The maximum Gasteiger partial charge on any atom is 0.573 e. The minimum atomic E-state index is -4.76. The molecule has 0 bridgehead atoms. The number of carbonyl (C=O) groups is 2. The first-order chi connectivity index (χ1) is 20.6. The van der Waals surface area contributed by atoms with Crippen molar-refractivity contribution in [2.24, 2.45) is 4.99 Å². The number of benzene rings is 3. The first-order valence-corrected chi connectivity index (χ1v) is 13.9. The fourth-order valence-corrected chi connectivity index (χ4v) is 5.13. The van der Waals surface area contributed by atoms with Crippen LogP contribution < -0.4 is 19.7 Å². The molecule has 1 aromatic heterocycles. The second kappa shape index (κ2) is 12.6. The van der Waals surface area contributed by atoms with Gasteiger partial charge in [-0.2, -0.15) is 4.99 Å². The number of ether oxygens (including phenoxy) is 2. The Kier molecular flexibility index (Phi) is 8.66. The van der Waals surface area contributed by atoms with Gasteiger partial charge in [0.1, 0.15) is 17.8 Å². The summed E-state index contributed by atoms with van der Waals surface area (Å²) in [6.07, 6.45) is -2.75. The van der Waals surface area contributed by atoms with Gasteiger partial charge in [-0.25, -0.2) is 14.5 Å². The van der Waals surface area contributed by atoms with E-state index in [0.29, 0.717) is 41.1 Å². The van der Waals surface area contributed by atoms with Gasteiger partial charge >= 0.3 is 12.4 Å². The number of thioether (sulfide) groups is 1. The van der Waals surface area contributed by atoms with Crippen LogP contribution in [0.5, 0.6) is 11.5 Å². The third-order valence-corrected chi connectivity index (χ3v) is 7.26. The quantitative estimate of drug-likeness (QED) is 0.279. The highest BCUT2D eigenvalue weighted by Gasteiger charge is 2.32. The largest absolute Gasteiger partial charge is 0.573 e. The van der Waals surface area contributed by atoms with E-state index >= 15 is 0 Å². The Labute approximate surface area is 248 Å². The van der Waals surface area contributed by atoms with Crippen molar-refractivity contribution in [2.45, 2.75) is 19.7 Å². The number of hydrogen-bond donors (Lipinski definition) is 1. The van der Waals surface area contributed by atoms with E-state index in [1.165, 1.54) is 51.9 Å². The first-order valence-electron chi connectivity index (χ1n) is 12.9. The van der Waals surface area contributed by atoms with Crippen LogP contribution in [0.3, 0.4) is 0 Å². The lowest BCUT2D eigenvalue weighted by molar-refractivity contribution is -0.274. The van der Waals surface area contributed by atoms with Crippen LogP contribution >= 0.6 is 11.8 Å². The van der Waals surface area contributed by atoms with Crippen LogP contribution in [0.25, 0.3) is 17.1 Å². The molecule has 10 nitrogen and oxygen atoms in total. The molecular formula is C29H25F3N6O4S. The highest BCUT2D eigenvalue weighted by molar-refractivity contribution is 8.15. The zero-order chi connectivity index (χ0) is 30.6. The lowest BCUT2D eigenvalue weighted by atomic mass is 10.1. The van der Waals surface area contributed by atoms with Gasteiger partial charge in [0.15, 0.2) is 11.0 Å². The van der Waals surface area contributed by atoms with Crippen molar-refractivity contribution in [2.75, 3.05) is 24.3 Å². The fraction of sp³-hybridized carbons (Fsp3) is 0.207. The highest BCUT2D eigenvalue weighted by atomic mass is 32.2. The lowest BCUT2D eigenvalue weighted by Gasteiger charge is -2.18. The van der Waals surface area contributed by atoms with Gasteiger partial charge in [0, 0.05) is 12.1 Å². The van der Waals surface area contributed by atoms with Crippen molar-refractivity contribution in [1.29, 1.82) is 0 Å². The van der Waals surface area contributed by atoms with E-state index < -0.39 is 12.4 Å². The number of anilines is 1. The molecule has 3 amide bonds. The van der Waals surface area contributed by atoms with E-state index in [-0.39, 0.29) is 17.4 Å². The van der Waals surface area contributed by atoms with Gasteiger partial charge in [0.25, 0.3) is 0 Å². The van der Waals surface area contributed by atoms with Crippen LogP contribution in [0.1, 0.15) is 11.1 Å². The van der Waals surface area contributed by atoms with Gasteiger partial charge in [-0.3, -0.25) is 9.69 Å². The number of rotatable bonds is 8. The molecule has 1 N–H and O–H groups in total. The summed E-state index contributed by atoms with van der Waals surface area (Å²) in [6, 6.07) is 17.5. The van der Waals surface area contributed by atoms with Crippen LogP contribution in [0.2, 0.25) is 0 Å². The number of amides is 3. The van der Waals surface area contributed by atoms with E-state index in [2.05, 4.69) is 25.1 Å². The zero-order valence-electron chi connectivity index (χ0n) is 23.0. The number of carbonyl (C=O) groups excluding carboxylic acids is 2. The third-order valence-electron chi connectivity index (χ3n) is 6.34. The van der Waals surface area contributed by atoms with Gasteiger partial charge in [0.05, 0.1) is 24.2 Å². The predicted molar refractivity (Wildman–Crippen MR) is 156 cm³/mol. The van der Waals surface area contributed by atoms with Gasteiger partial charge in [0.2, 0.25) is 5.91 Å². The average Bonchev–Trinajstić information content (AvgIpc) is 3.60. The standard InChI is InChI=1S/C29H25F3N6O4S/c1-18-15-23(41-2)11-12-24(18)38-25(39)16-43-28(38)35-27(40)33-14-13-19-3-5-20(6-4-19)26-34-17-37(36-26)21-7-9-22(10-8-21)42-29(30,31)32/h3-12,15,17H,13-14,16H2,1-2H3,(H,33,40)/b35-28-. The number of aromatic nitrogens is 3. The molecule has 4 aromatic rings. The number of nitrogens with zero attached hydrogens (tertiary/aromatic N) is 5. The van der Waals surface area contributed by atoms with Crippen molar-refractivity contribution in [3.8, 4) is 28.6 Å². The molecule has 2 heterocycles. The van der Waals surface area contributed by atoms with E-state index in [9.17, 15) is 22.8 Å². The predicted octanol–water partition coefficient (Wildman–Crippen LogP) is 5.54. The molecule has 1 saturated heterocycles. The Morgan fingerprint density at radius 1 is 1.07 bits per heavy atom. The summed E-state index contributed by atoms with van der Waals surface area (Å²) in [6.45, 7) is 2.19. The normalized spacial score (nSPS) is 14.3. The molecule has 1 fully saturated rings. The summed E-state index contributed by atoms with van der Waals surface area (Å²) >= 11 is 1.21. The van der Waals surface area contributed by atoms with Crippen LogP contribution in [-0.2, 0) is 11.2 Å². The number of aliphatic imine (C=N–C) groups is 1. The monoisotopic (exact) mass is 610 g/mol. The number of hydrogen-bond acceptors (Lipinski definition) is 7. The van der Waals surface area contributed by atoms with E-state index in [1.54, 1.807) is 19.2 Å². The molecule has 0 radical (unpaired) electrons. The Bertz CT molecular complexity index is 1660. The summed E-state index contributed by atoms with van der Waals surface area (Å²) in [5, 5.41) is 7.48. The Morgan fingerprint density at radius 2 is 1.79 bits per heavy atom. The molecule has 14 heteroatoms. The van der Waals surface area contributed by atoms with Crippen LogP contribution in [0, 0.1) is 6.92 Å². The van der Waals surface area contributed by atoms with Crippen molar-refractivity contribution in [3.05, 3.63) is 84.2 Å². The highest BCUT2D eigenvalue weighted by Crippen LogP contribution is 2.31. The molecule has 0 saturated carbocycles. The summed E-state index contributed by atoms with van der Waals surface area (Å²) in [4.78, 5) is 35.0. The van der Waals surface area contributed by atoms with Gasteiger partial charge < -0.3 is 14.8 Å². The Morgan fingerprint density at radius 3 is 2.47 bits per heavy atom. The van der Waals surface area contributed by atoms with Crippen LogP contribution in [0.15, 0.2) is 78.0 Å². The number of amidine groups is 1. The maximum atomic E-state index is 12.6. The maximum absolute atomic E-state index is 12.6. The number of aryl methyl sites for hydroxylation is 1. The Balaban J connectivity index is 1.16. The molecule has 5 rings (SSSR count). The van der Waals surface area contributed by atoms with Crippen LogP contribution in [-0.4, -0.2) is 57.6 Å². The molecule has 43 heavy (non-hydrogen) atoms. The smallest absolute Gasteiger partial charge is 0.497 e. The number of methoxy groups -OCH3 is 1. The van der Waals surface area contributed by atoms with Gasteiger partial charge in [-0.05, 0) is 66.9 Å². The third kappa shape index (κ3) is 7.33. The number of nitrogens with one attached hydrogen (secondary N) is 1. The minimum Gasteiger partial charge on any atom is -0.497 e. The summed E-state index contributed by atoms with van der Waals surface area (Å²) in [5.41, 5.74) is 3.69. The van der Waals surface area contributed by atoms with E-state index in [1.807, 2.05) is 37.3 Å². The van der Waals surface area contributed by atoms with Crippen molar-refractivity contribution in [1.82, 2.24) is 20.1 Å². The Hall–Kier alpha value is -4.85. The van der Waals surface area contributed by atoms with Gasteiger partial charge in [-0.15, -0.1) is 18.3 Å². The molecule has 0 unspecified atom stereocenters. The summed E-state index contributed by atoms with van der Waals surface area (Å²) < 4.78 is 47.7.